The molecule has 1 fully saturated rings. The van der Waals surface area contributed by atoms with Crippen molar-refractivity contribution in [1.29, 1.82) is 0 Å². The average molecular weight is 297 g/mol. The van der Waals surface area contributed by atoms with Crippen molar-refractivity contribution in [3.63, 3.8) is 0 Å². The summed E-state index contributed by atoms with van der Waals surface area (Å²) in [6, 6.07) is 7.82. The number of carbonyl (C=O) groups is 1. The van der Waals surface area contributed by atoms with Crippen LogP contribution in [0.1, 0.15) is 11.1 Å². The van der Waals surface area contributed by atoms with Gasteiger partial charge in [-0.3, -0.25) is 4.90 Å². The first-order chi connectivity index (χ1) is 10.6. The molecule has 1 aliphatic heterocycles. The van der Waals surface area contributed by atoms with Gasteiger partial charge >= 0.3 is 6.03 Å². The molecule has 0 spiro atoms. The fourth-order valence-corrected chi connectivity index (χ4v) is 2.43. The van der Waals surface area contributed by atoms with Crippen molar-refractivity contribution in [2.24, 2.45) is 0 Å². The third-order valence-electron chi connectivity index (χ3n) is 3.99. The Bertz CT molecular complexity index is 715. The Labute approximate surface area is 129 Å². The number of aromatic nitrogens is 2. The van der Waals surface area contributed by atoms with Gasteiger partial charge in [-0.1, -0.05) is 6.07 Å². The van der Waals surface area contributed by atoms with Crippen LogP contribution in [-0.2, 0) is 0 Å². The molecule has 1 N–H and O–H groups in total. The van der Waals surface area contributed by atoms with Crippen LogP contribution in [-0.4, -0.2) is 41.3 Å². The van der Waals surface area contributed by atoms with Crippen LogP contribution in [0.3, 0.4) is 0 Å². The van der Waals surface area contributed by atoms with Gasteiger partial charge in [-0.2, -0.15) is 5.10 Å². The highest BCUT2D eigenvalue weighted by Gasteiger charge is 2.26. The molecule has 6 heteroatoms. The van der Waals surface area contributed by atoms with Gasteiger partial charge in [0.05, 0.1) is 6.20 Å². The number of hydrogen-bond acceptors (Lipinski definition) is 4. The Kier molecular flexibility index (Phi) is 3.66. The van der Waals surface area contributed by atoms with Crippen LogP contribution in [0.4, 0.5) is 22.0 Å². The molecule has 0 radical (unpaired) electrons. The van der Waals surface area contributed by atoms with Crippen LogP contribution >= 0.6 is 0 Å². The fourth-order valence-electron chi connectivity index (χ4n) is 2.43. The van der Waals surface area contributed by atoms with E-state index in [1.807, 2.05) is 45.2 Å². The lowest BCUT2D eigenvalue weighted by molar-refractivity contribution is 0.229. The molecule has 2 amide bonds. The summed E-state index contributed by atoms with van der Waals surface area (Å²) in [5, 5.41) is 11.4. The van der Waals surface area contributed by atoms with E-state index in [0.717, 1.165) is 34.9 Å². The van der Waals surface area contributed by atoms with Crippen LogP contribution < -0.4 is 10.2 Å². The Morgan fingerprint density at radius 1 is 1.23 bits per heavy atom. The van der Waals surface area contributed by atoms with E-state index in [2.05, 4.69) is 15.5 Å². The first-order valence-corrected chi connectivity index (χ1v) is 7.25. The van der Waals surface area contributed by atoms with Crippen molar-refractivity contribution in [2.45, 2.75) is 13.8 Å². The molecule has 1 saturated heterocycles. The highest BCUT2D eigenvalue weighted by Crippen LogP contribution is 2.25. The van der Waals surface area contributed by atoms with Gasteiger partial charge in [0.25, 0.3) is 0 Å². The summed E-state index contributed by atoms with van der Waals surface area (Å²) in [4.78, 5) is 15.6. The number of hydrogen-bond donors (Lipinski definition) is 1. The Morgan fingerprint density at radius 2 is 2.05 bits per heavy atom. The Hall–Kier alpha value is -2.63. The molecule has 1 aliphatic rings. The largest absolute Gasteiger partial charge is 0.338 e. The monoisotopic (exact) mass is 297 g/mol. The van der Waals surface area contributed by atoms with Gasteiger partial charge in [-0.05, 0) is 43.2 Å². The van der Waals surface area contributed by atoms with E-state index in [1.54, 1.807) is 16.0 Å². The molecular weight excluding hydrogens is 278 g/mol. The molecule has 0 bridgehead atoms. The first kappa shape index (κ1) is 14.3. The second-order valence-corrected chi connectivity index (χ2v) is 5.53. The van der Waals surface area contributed by atoms with E-state index in [1.165, 1.54) is 0 Å². The lowest BCUT2D eigenvalue weighted by Gasteiger charge is -2.17. The summed E-state index contributed by atoms with van der Waals surface area (Å²) >= 11 is 0. The van der Waals surface area contributed by atoms with Crippen molar-refractivity contribution in [2.75, 3.05) is 30.4 Å². The SMILES string of the molecule is Cc1cnnc(Nc2cccc(N3CCN(C)C3=O)c2)c1C. The molecule has 114 valence electrons. The number of aryl methyl sites for hydroxylation is 1. The van der Waals surface area contributed by atoms with E-state index in [-0.39, 0.29) is 6.03 Å². The van der Waals surface area contributed by atoms with Gasteiger partial charge < -0.3 is 10.2 Å². The van der Waals surface area contributed by atoms with Crippen LogP contribution in [0, 0.1) is 13.8 Å². The average Bonchev–Trinajstić information content (AvgIpc) is 2.84. The molecule has 0 atom stereocenters. The van der Waals surface area contributed by atoms with E-state index in [9.17, 15) is 4.79 Å². The number of amides is 2. The van der Waals surface area contributed by atoms with Gasteiger partial charge in [0.2, 0.25) is 0 Å². The summed E-state index contributed by atoms with van der Waals surface area (Å²) in [5.41, 5.74) is 3.93. The molecular formula is C16H19N5O. The van der Waals surface area contributed by atoms with Crippen molar-refractivity contribution >= 4 is 23.2 Å². The molecule has 2 aromatic rings. The predicted octanol–water partition coefficient (Wildman–Crippen LogP) is 2.71. The molecule has 1 aromatic carbocycles. The minimum absolute atomic E-state index is 0.0312. The van der Waals surface area contributed by atoms with Crippen LogP contribution in [0.2, 0.25) is 0 Å². The van der Waals surface area contributed by atoms with Gasteiger partial charge in [0, 0.05) is 31.5 Å². The number of benzene rings is 1. The summed E-state index contributed by atoms with van der Waals surface area (Å²) in [7, 11) is 1.82. The molecule has 2 heterocycles. The number of nitrogens with one attached hydrogen (secondary N) is 1. The number of nitrogens with zero attached hydrogens (tertiary/aromatic N) is 4. The van der Waals surface area contributed by atoms with E-state index >= 15 is 0 Å². The highest BCUT2D eigenvalue weighted by atomic mass is 16.2. The van der Waals surface area contributed by atoms with Crippen molar-refractivity contribution in [1.82, 2.24) is 15.1 Å². The van der Waals surface area contributed by atoms with Gasteiger partial charge in [-0.15, -0.1) is 5.10 Å². The molecule has 3 rings (SSSR count). The van der Waals surface area contributed by atoms with E-state index in [0.29, 0.717) is 6.54 Å². The summed E-state index contributed by atoms with van der Waals surface area (Å²) in [6.45, 7) is 5.47. The fraction of sp³-hybridized carbons (Fsp3) is 0.312. The standard InChI is InChI=1S/C16H19N5O/c1-11-10-17-19-15(12(11)2)18-13-5-4-6-14(9-13)21-8-7-20(3)16(21)22/h4-6,9-10H,7-8H2,1-3H3,(H,18,19). The first-order valence-electron chi connectivity index (χ1n) is 7.25. The third-order valence-corrected chi connectivity index (χ3v) is 3.99. The minimum Gasteiger partial charge on any atom is -0.338 e. The van der Waals surface area contributed by atoms with Crippen molar-refractivity contribution in [3.8, 4) is 0 Å². The molecule has 1 aromatic heterocycles. The van der Waals surface area contributed by atoms with Crippen molar-refractivity contribution in [3.05, 3.63) is 41.6 Å². The molecule has 6 nitrogen and oxygen atoms in total. The zero-order valence-electron chi connectivity index (χ0n) is 13.0. The van der Waals surface area contributed by atoms with Crippen LogP contribution in [0.15, 0.2) is 30.5 Å². The number of rotatable bonds is 3. The second kappa shape index (κ2) is 5.63. The van der Waals surface area contributed by atoms with E-state index in [4.69, 9.17) is 0 Å². The quantitative estimate of drug-likeness (QED) is 0.946. The maximum atomic E-state index is 12.1. The van der Waals surface area contributed by atoms with Gasteiger partial charge in [0.1, 0.15) is 0 Å². The highest BCUT2D eigenvalue weighted by molar-refractivity contribution is 5.94. The number of urea groups is 1. The predicted molar refractivity (Wildman–Crippen MR) is 86.6 cm³/mol. The number of anilines is 3. The van der Waals surface area contributed by atoms with Crippen molar-refractivity contribution < 1.29 is 4.79 Å². The Morgan fingerprint density at radius 3 is 2.77 bits per heavy atom. The van der Waals surface area contributed by atoms with Crippen LogP contribution in [0.5, 0.6) is 0 Å². The molecule has 22 heavy (non-hydrogen) atoms. The third kappa shape index (κ3) is 2.59. The topological polar surface area (TPSA) is 61.4 Å². The lowest BCUT2D eigenvalue weighted by atomic mass is 10.2. The summed E-state index contributed by atoms with van der Waals surface area (Å²) in [6.07, 6.45) is 1.75. The summed E-state index contributed by atoms with van der Waals surface area (Å²) < 4.78 is 0. The molecule has 0 aliphatic carbocycles. The normalized spacial score (nSPS) is 14.6. The minimum atomic E-state index is 0.0312. The van der Waals surface area contributed by atoms with Gasteiger partial charge in [-0.25, -0.2) is 4.79 Å². The maximum absolute atomic E-state index is 12.1. The van der Waals surface area contributed by atoms with E-state index < -0.39 is 0 Å². The lowest BCUT2D eigenvalue weighted by Crippen LogP contribution is -2.29. The zero-order valence-corrected chi connectivity index (χ0v) is 13.0. The second-order valence-electron chi connectivity index (χ2n) is 5.53. The number of carbonyl (C=O) groups excluding carboxylic acids is 1. The zero-order chi connectivity index (χ0) is 15.7. The number of likely N-dealkylation sites (N-methyl/N-ethyl adjacent to an activating group) is 1. The summed E-state index contributed by atoms with van der Waals surface area (Å²) in [5.74, 6) is 0.738. The van der Waals surface area contributed by atoms with Gasteiger partial charge in [0.15, 0.2) is 5.82 Å². The Balaban J connectivity index is 1.86. The smallest absolute Gasteiger partial charge is 0.324 e. The molecule has 0 unspecified atom stereocenters. The maximum Gasteiger partial charge on any atom is 0.324 e. The van der Waals surface area contributed by atoms with Crippen LogP contribution in [0.25, 0.3) is 0 Å². The molecule has 0 saturated carbocycles.